The molecule has 2 aliphatic rings. The van der Waals surface area contributed by atoms with E-state index >= 15 is 0 Å². The first-order valence-corrected chi connectivity index (χ1v) is 10.4. The van der Waals surface area contributed by atoms with E-state index < -0.39 is 0 Å². The highest BCUT2D eigenvalue weighted by Gasteiger charge is 2.54. The Kier molecular flexibility index (Phi) is 4.73. The third-order valence-corrected chi connectivity index (χ3v) is 6.30. The Bertz CT molecular complexity index is 1020. The molecule has 2 fully saturated rings. The van der Waals surface area contributed by atoms with Gasteiger partial charge in [-0.3, -0.25) is 4.98 Å². The smallest absolute Gasteiger partial charge is 0.315 e. The molecular weight excluding hydrogens is 378 g/mol. The summed E-state index contributed by atoms with van der Waals surface area (Å²) in [6.45, 7) is 2.49. The first-order valence-electron chi connectivity index (χ1n) is 10.4. The zero-order valence-corrected chi connectivity index (χ0v) is 17.0. The molecule has 1 spiro atoms. The first-order chi connectivity index (χ1) is 14.6. The van der Waals surface area contributed by atoms with Gasteiger partial charge in [0.15, 0.2) is 0 Å². The summed E-state index contributed by atoms with van der Waals surface area (Å²) >= 11 is 0. The molecule has 3 aromatic rings. The lowest BCUT2D eigenvalue weighted by atomic mass is 9.50. The fourth-order valence-corrected chi connectivity index (χ4v) is 4.71. The number of hydrogen-bond donors (Lipinski definition) is 2. The van der Waals surface area contributed by atoms with Gasteiger partial charge < -0.3 is 15.1 Å². The van der Waals surface area contributed by atoms with Crippen molar-refractivity contribution in [3.05, 3.63) is 65.8 Å². The third kappa shape index (κ3) is 3.79. The lowest BCUT2D eigenvalue weighted by Crippen LogP contribution is -2.57. The van der Waals surface area contributed by atoms with Crippen LogP contribution in [0.25, 0.3) is 11.5 Å². The minimum atomic E-state index is -0.0946. The van der Waals surface area contributed by atoms with Crippen molar-refractivity contribution in [1.82, 2.24) is 25.8 Å². The molecule has 0 atom stereocenters. The molecule has 0 aliphatic heterocycles. The van der Waals surface area contributed by atoms with Crippen LogP contribution in [0.2, 0.25) is 0 Å². The van der Waals surface area contributed by atoms with E-state index in [2.05, 4.69) is 25.8 Å². The summed E-state index contributed by atoms with van der Waals surface area (Å²) in [5.41, 5.74) is 3.23. The van der Waals surface area contributed by atoms with Gasteiger partial charge in [0.1, 0.15) is 0 Å². The molecule has 2 amide bonds. The molecule has 7 heteroatoms. The van der Waals surface area contributed by atoms with Crippen LogP contribution in [0.4, 0.5) is 4.79 Å². The maximum Gasteiger partial charge on any atom is 0.315 e. The number of nitrogens with one attached hydrogen (secondary N) is 2. The summed E-state index contributed by atoms with van der Waals surface area (Å²) in [7, 11) is 0. The predicted octanol–water partition coefficient (Wildman–Crippen LogP) is 3.97. The van der Waals surface area contributed by atoms with Gasteiger partial charge in [-0.05, 0) is 55.7 Å². The number of pyridine rings is 1. The second-order valence-corrected chi connectivity index (χ2v) is 8.66. The van der Waals surface area contributed by atoms with Crippen molar-refractivity contribution in [1.29, 1.82) is 0 Å². The Balaban J connectivity index is 1.07. The third-order valence-electron chi connectivity index (χ3n) is 6.30. The summed E-state index contributed by atoms with van der Waals surface area (Å²) in [5.74, 6) is 1.56. The molecule has 2 N–H and O–H groups in total. The van der Waals surface area contributed by atoms with Crippen LogP contribution in [-0.4, -0.2) is 27.3 Å². The second kappa shape index (κ2) is 7.55. The molecule has 5 rings (SSSR count). The Morgan fingerprint density at radius 1 is 1.10 bits per heavy atom. The van der Waals surface area contributed by atoms with E-state index in [9.17, 15) is 4.79 Å². The summed E-state index contributed by atoms with van der Waals surface area (Å²) in [6.07, 6.45) is 5.89. The number of urea groups is 1. The maximum absolute atomic E-state index is 12.1. The quantitative estimate of drug-likeness (QED) is 0.672. The van der Waals surface area contributed by atoms with Crippen molar-refractivity contribution >= 4 is 6.03 Å². The average molecular weight is 403 g/mol. The van der Waals surface area contributed by atoms with Crippen LogP contribution in [-0.2, 0) is 6.54 Å². The molecule has 0 unspecified atom stereocenters. The molecule has 0 radical (unpaired) electrons. The molecule has 2 saturated carbocycles. The molecule has 2 aromatic heterocycles. The number of aromatic nitrogens is 3. The monoisotopic (exact) mass is 403 g/mol. The predicted molar refractivity (Wildman–Crippen MR) is 112 cm³/mol. The Morgan fingerprint density at radius 2 is 1.90 bits per heavy atom. The fourth-order valence-electron chi connectivity index (χ4n) is 4.71. The van der Waals surface area contributed by atoms with E-state index in [0.717, 1.165) is 42.5 Å². The van der Waals surface area contributed by atoms with Crippen LogP contribution in [0.5, 0.6) is 0 Å². The Hall–Kier alpha value is -3.22. The van der Waals surface area contributed by atoms with E-state index in [1.807, 2.05) is 49.4 Å². The number of aryl methyl sites for hydroxylation is 1. The molecule has 0 bridgehead atoms. The van der Waals surface area contributed by atoms with Crippen LogP contribution in [0, 0.1) is 12.3 Å². The average Bonchev–Trinajstić information content (AvgIpc) is 3.18. The van der Waals surface area contributed by atoms with Gasteiger partial charge in [0.2, 0.25) is 11.8 Å². The van der Waals surface area contributed by atoms with Crippen LogP contribution >= 0.6 is 0 Å². The zero-order valence-electron chi connectivity index (χ0n) is 17.0. The van der Waals surface area contributed by atoms with Crippen molar-refractivity contribution in [2.75, 3.05) is 0 Å². The van der Waals surface area contributed by atoms with E-state index in [1.54, 1.807) is 6.20 Å². The topological polar surface area (TPSA) is 92.9 Å². The standard InChI is InChI=1S/C23H25N5O2/c1-15-7-8-17(14-24-15)20-27-28-21(30-20)18-9-23(10-18)11-19(12-23)26-22(29)25-13-16-5-3-2-4-6-16/h2-8,14,18-19H,9-13H2,1H3,(H2,25,26,29). The van der Waals surface area contributed by atoms with Crippen molar-refractivity contribution < 1.29 is 9.21 Å². The molecular formula is C23H25N5O2. The number of benzene rings is 1. The Labute approximate surface area is 175 Å². The summed E-state index contributed by atoms with van der Waals surface area (Å²) in [6, 6.07) is 14.0. The van der Waals surface area contributed by atoms with Crippen LogP contribution in [0.1, 0.15) is 48.7 Å². The van der Waals surface area contributed by atoms with E-state index in [-0.39, 0.29) is 12.1 Å². The van der Waals surface area contributed by atoms with Crippen LogP contribution < -0.4 is 10.6 Å². The number of rotatable bonds is 5. The van der Waals surface area contributed by atoms with Crippen molar-refractivity contribution in [3.63, 3.8) is 0 Å². The van der Waals surface area contributed by atoms with Gasteiger partial charge in [-0.25, -0.2) is 4.79 Å². The lowest BCUT2D eigenvalue weighted by molar-refractivity contribution is -0.0240. The molecule has 154 valence electrons. The molecule has 2 aliphatic carbocycles. The zero-order chi connectivity index (χ0) is 20.6. The Morgan fingerprint density at radius 3 is 2.63 bits per heavy atom. The summed E-state index contributed by atoms with van der Waals surface area (Å²) in [4.78, 5) is 16.4. The molecule has 30 heavy (non-hydrogen) atoms. The number of amides is 2. The summed E-state index contributed by atoms with van der Waals surface area (Å²) in [5, 5.41) is 14.5. The van der Waals surface area contributed by atoms with Gasteiger partial charge in [0.25, 0.3) is 0 Å². The van der Waals surface area contributed by atoms with Crippen molar-refractivity contribution in [3.8, 4) is 11.5 Å². The van der Waals surface area contributed by atoms with Gasteiger partial charge in [-0.15, -0.1) is 10.2 Å². The number of carbonyl (C=O) groups is 1. The lowest BCUT2D eigenvalue weighted by Gasteiger charge is -2.56. The normalized spacial score (nSPS) is 24.7. The molecule has 0 saturated heterocycles. The van der Waals surface area contributed by atoms with Crippen LogP contribution in [0.15, 0.2) is 53.1 Å². The summed E-state index contributed by atoms with van der Waals surface area (Å²) < 4.78 is 5.90. The molecule has 7 nitrogen and oxygen atoms in total. The van der Waals surface area contributed by atoms with E-state index in [1.165, 1.54) is 0 Å². The SMILES string of the molecule is Cc1ccc(-c2nnc(C3CC4(CC(NC(=O)NCc5ccccc5)C4)C3)o2)cn1. The van der Waals surface area contributed by atoms with Crippen molar-refractivity contribution in [2.24, 2.45) is 5.41 Å². The van der Waals surface area contributed by atoms with Crippen molar-refractivity contribution in [2.45, 2.75) is 51.1 Å². The number of carbonyl (C=O) groups excluding carboxylic acids is 1. The van der Waals surface area contributed by atoms with Gasteiger partial charge in [-0.1, -0.05) is 30.3 Å². The highest BCUT2D eigenvalue weighted by atomic mass is 16.4. The molecule has 1 aromatic carbocycles. The van der Waals surface area contributed by atoms with Crippen LogP contribution in [0.3, 0.4) is 0 Å². The second-order valence-electron chi connectivity index (χ2n) is 8.66. The largest absolute Gasteiger partial charge is 0.420 e. The van der Waals surface area contributed by atoms with Gasteiger partial charge in [-0.2, -0.15) is 0 Å². The van der Waals surface area contributed by atoms with E-state index in [0.29, 0.717) is 29.7 Å². The first kappa shape index (κ1) is 18.8. The molecule has 2 heterocycles. The number of hydrogen-bond acceptors (Lipinski definition) is 5. The van der Waals surface area contributed by atoms with Gasteiger partial charge >= 0.3 is 6.03 Å². The maximum atomic E-state index is 12.1. The highest BCUT2D eigenvalue weighted by Crippen LogP contribution is 2.61. The minimum absolute atomic E-state index is 0.0946. The number of nitrogens with zero attached hydrogens (tertiary/aromatic N) is 3. The van der Waals surface area contributed by atoms with Gasteiger partial charge in [0.05, 0.1) is 5.56 Å². The van der Waals surface area contributed by atoms with Gasteiger partial charge in [0, 0.05) is 30.4 Å². The minimum Gasteiger partial charge on any atom is -0.420 e. The van der Waals surface area contributed by atoms with E-state index in [4.69, 9.17) is 4.42 Å². The fraction of sp³-hybridized carbons (Fsp3) is 0.391. The highest BCUT2D eigenvalue weighted by molar-refractivity contribution is 5.74.